The summed E-state index contributed by atoms with van der Waals surface area (Å²) in [5.74, 6) is 1.16. The van der Waals surface area contributed by atoms with E-state index >= 15 is 0 Å². The number of aromatic nitrogens is 3. The monoisotopic (exact) mass is 292 g/mol. The number of rotatable bonds is 3. The highest BCUT2D eigenvalue weighted by molar-refractivity contribution is 9.10. The van der Waals surface area contributed by atoms with Crippen LogP contribution < -0.4 is 5.73 Å². The van der Waals surface area contributed by atoms with E-state index in [1.165, 1.54) is 18.4 Å². The first-order chi connectivity index (χ1) is 8.24. The van der Waals surface area contributed by atoms with Gasteiger partial charge in [-0.15, -0.1) is 5.10 Å². The smallest absolute Gasteiger partial charge is 0.169 e. The van der Waals surface area contributed by atoms with E-state index in [4.69, 9.17) is 5.73 Å². The van der Waals surface area contributed by atoms with Crippen LogP contribution in [0.25, 0.3) is 0 Å². The fourth-order valence-corrected chi connectivity index (χ4v) is 2.25. The zero-order valence-electron chi connectivity index (χ0n) is 9.31. The van der Waals surface area contributed by atoms with Crippen LogP contribution in [-0.2, 0) is 6.54 Å². The average molecular weight is 293 g/mol. The molecule has 2 aromatic rings. The van der Waals surface area contributed by atoms with Gasteiger partial charge in [-0.3, -0.25) is 0 Å². The maximum absolute atomic E-state index is 5.86. The first-order valence-electron chi connectivity index (χ1n) is 5.67. The van der Waals surface area contributed by atoms with Crippen LogP contribution in [0, 0.1) is 0 Å². The lowest BCUT2D eigenvalue weighted by molar-refractivity contribution is 0.619. The number of anilines is 1. The Balaban J connectivity index is 1.87. The van der Waals surface area contributed by atoms with Gasteiger partial charge in [-0.2, -0.15) is 0 Å². The Morgan fingerprint density at radius 2 is 2.00 bits per heavy atom. The van der Waals surface area contributed by atoms with Crippen molar-refractivity contribution >= 4 is 21.7 Å². The van der Waals surface area contributed by atoms with E-state index in [-0.39, 0.29) is 0 Å². The molecule has 0 bridgehead atoms. The first kappa shape index (κ1) is 10.8. The molecule has 2 N–H and O–H groups in total. The summed E-state index contributed by atoms with van der Waals surface area (Å²) in [6.07, 6.45) is 2.41. The van der Waals surface area contributed by atoms with Gasteiger partial charge in [0.25, 0.3) is 0 Å². The minimum atomic E-state index is 0.570. The SMILES string of the molecule is Nc1nnn(Cc2ccc(Br)cc2)c1C1CC1. The lowest BCUT2D eigenvalue weighted by Crippen LogP contribution is -2.06. The molecule has 0 saturated heterocycles. The Labute approximate surface area is 108 Å². The van der Waals surface area contributed by atoms with Crippen LogP contribution in [0.1, 0.15) is 30.0 Å². The maximum Gasteiger partial charge on any atom is 0.169 e. The standard InChI is InChI=1S/C12H13BrN4/c13-10-5-1-8(2-6-10)7-17-11(9-3-4-9)12(14)15-16-17/h1-2,5-6,9H,3-4,7,14H2. The van der Waals surface area contributed by atoms with Gasteiger partial charge in [-0.05, 0) is 30.5 Å². The van der Waals surface area contributed by atoms with Crippen molar-refractivity contribution in [3.05, 3.63) is 40.0 Å². The summed E-state index contributed by atoms with van der Waals surface area (Å²) in [5.41, 5.74) is 8.17. The maximum atomic E-state index is 5.86. The summed E-state index contributed by atoms with van der Waals surface area (Å²) in [4.78, 5) is 0. The Kier molecular flexibility index (Phi) is 2.63. The van der Waals surface area contributed by atoms with Crippen molar-refractivity contribution in [2.75, 3.05) is 5.73 Å². The van der Waals surface area contributed by atoms with Crippen molar-refractivity contribution in [2.45, 2.75) is 25.3 Å². The third kappa shape index (κ3) is 2.20. The molecule has 0 atom stereocenters. The van der Waals surface area contributed by atoms with Crippen molar-refractivity contribution in [2.24, 2.45) is 0 Å². The molecule has 88 valence electrons. The fourth-order valence-electron chi connectivity index (χ4n) is 1.99. The molecule has 1 heterocycles. The lowest BCUT2D eigenvalue weighted by Gasteiger charge is -2.06. The highest BCUT2D eigenvalue weighted by Crippen LogP contribution is 2.42. The third-order valence-corrected chi connectivity index (χ3v) is 3.54. The van der Waals surface area contributed by atoms with Crippen LogP contribution in [0.2, 0.25) is 0 Å². The van der Waals surface area contributed by atoms with Crippen LogP contribution >= 0.6 is 15.9 Å². The molecule has 1 aliphatic rings. The molecule has 1 aromatic carbocycles. The minimum absolute atomic E-state index is 0.570. The van der Waals surface area contributed by atoms with Crippen LogP contribution in [-0.4, -0.2) is 15.0 Å². The molecule has 1 aliphatic carbocycles. The zero-order valence-corrected chi connectivity index (χ0v) is 10.9. The molecule has 1 aromatic heterocycles. The number of hydrogen-bond donors (Lipinski definition) is 1. The number of hydrogen-bond acceptors (Lipinski definition) is 3. The number of benzene rings is 1. The number of nitrogens with two attached hydrogens (primary N) is 1. The highest BCUT2D eigenvalue weighted by atomic mass is 79.9. The molecule has 1 saturated carbocycles. The summed E-state index contributed by atoms with van der Waals surface area (Å²) in [5, 5.41) is 8.10. The molecule has 1 fully saturated rings. The summed E-state index contributed by atoms with van der Waals surface area (Å²) in [6, 6.07) is 8.23. The van der Waals surface area contributed by atoms with Gasteiger partial charge in [0.2, 0.25) is 0 Å². The molecule has 0 aliphatic heterocycles. The Morgan fingerprint density at radius 3 is 2.65 bits per heavy atom. The molecular formula is C12H13BrN4. The van der Waals surface area contributed by atoms with E-state index in [1.807, 2.05) is 16.8 Å². The normalized spacial score (nSPS) is 15.1. The van der Waals surface area contributed by atoms with Gasteiger partial charge in [0, 0.05) is 10.4 Å². The Morgan fingerprint density at radius 1 is 1.29 bits per heavy atom. The molecule has 4 nitrogen and oxygen atoms in total. The summed E-state index contributed by atoms with van der Waals surface area (Å²) in [6.45, 7) is 0.739. The van der Waals surface area contributed by atoms with E-state index in [2.05, 4.69) is 38.4 Å². The molecule has 0 unspecified atom stereocenters. The molecule has 3 rings (SSSR count). The molecule has 0 spiro atoms. The quantitative estimate of drug-likeness (QED) is 0.946. The molecule has 17 heavy (non-hydrogen) atoms. The van der Waals surface area contributed by atoms with E-state index < -0.39 is 0 Å². The Hall–Kier alpha value is -1.36. The third-order valence-electron chi connectivity index (χ3n) is 3.01. The molecule has 0 radical (unpaired) electrons. The largest absolute Gasteiger partial charge is 0.381 e. The predicted octanol–water partition coefficient (Wildman–Crippen LogP) is 2.55. The molecule has 5 heteroatoms. The predicted molar refractivity (Wildman–Crippen MR) is 69.7 cm³/mol. The fraction of sp³-hybridized carbons (Fsp3) is 0.333. The van der Waals surface area contributed by atoms with Gasteiger partial charge in [0.15, 0.2) is 5.82 Å². The zero-order chi connectivity index (χ0) is 11.8. The van der Waals surface area contributed by atoms with Crippen LogP contribution in [0.4, 0.5) is 5.82 Å². The van der Waals surface area contributed by atoms with E-state index in [0.717, 1.165) is 16.7 Å². The number of nitrogen functional groups attached to an aromatic ring is 1. The van der Waals surface area contributed by atoms with Gasteiger partial charge in [-0.25, -0.2) is 4.68 Å². The second-order valence-corrected chi connectivity index (χ2v) is 5.33. The summed E-state index contributed by atoms with van der Waals surface area (Å²) in [7, 11) is 0. The van der Waals surface area contributed by atoms with Gasteiger partial charge in [-0.1, -0.05) is 33.3 Å². The number of nitrogens with zero attached hydrogens (tertiary/aromatic N) is 3. The van der Waals surface area contributed by atoms with Crippen LogP contribution in [0.15, 0.2) is 28.7 Å². The lowest BCUT2D eigenvalue weighted by atomic mass is 10.2. The average Bonchev–Trinajstić information content (AvgIpc) is 3.08. The Bertz CT molecular complexity index is 528. The number of halogens is 1. The van der Waals surface area contributed by atoms with Crippen molar-refractivity contribution in [1.82, 2.24) is 15.0 Å². The van der Waals surface area contributed by atoms with Gasteiger partial charge >= 0.3 is 0 Å². The highest BCUT2D eigenvalue weighted by Gasteiger charge is 2.30. The summed E-state index contributed by atoms with van der Waals surface area (Å²) >= 11 is 3.43. The van der Waals surface area contributed by atoms with E-state index in [0.29, 0.717) is 11.7 Å². The molecular weight excluding hydrogens is 280 g/mol. The second kappa shape index (κ2) is 4.14. The second-order valence-electron chi connectivity index (χ2n) is 4.42. The van der Waals surface area contributed by atoms with Crippen LogP contribution in [0.5, 0.6) is 0 Å². The summed E-state index contributed by atoms with van der Waals surface area (Å²) < 4.78 is 3.01. The van der Waals surface area contributed by atoms with Crippen molar-refractivity contribution in [3.8, 4) is 0 Å². The van der Waals surface area contributed by atoms with E-state index in [1.54, 1.807) is 0 Å². The molecule has 0 amide bonds. The van der Waals surface area contributed by atoms with Gasteiger partial charge < -0.3 is 5.73 Å². The van der Waals surface area contributed by atoms with Crippen molar-refractivity contribution in [1.29, 1.82) is 0 Å². The van der Waals surface area contributed by atoms with Crippen molar-refractivity contribution in [3.63, 3.8) is 0 Å². The topological polar surface area (TPSA) is 56.7 Å². The van der Waals surface area contributed by atoms with E-state index in [9.17, 15) is 0 Å². The minimum Gasteiger partial charge on any atom is -0.381 e. The first-order valence-corrected chi connectivity index (χ1v) is 6.46. The van der Waals surface area contributed by atoms with Crippen LogP contribution in [0.3, 0.4) is 0 Å². The van der Waals surface area contributed by atoms with Gasteiger partial charge in [0.1, 0.15) is 0 Å². The van der Waals surface area contributed by atoms with Gasteiger partial charge in [0.05, 0.1) is 12.2 Å². The van der Waals surface area contributed by atoms with Crippen molar-refractivity contribution < 1.29 is 0 Å².